The van der Waals surface area contributed by atoms with Crippen LogP contribution >= 0.6 is 0 Å². The third kappa shape index (κ3) is 3.89. The minimum atomic E-state index is -5.70. The van der Waals surface area contributed by atoms with E-state index in [0.29, 0.717) is 24.3 Å². The number of nitrogen functional groups attached to an aromatic ring is 1. The number of nitriles is 1. The van der Waals surface area contributed by atoms with Gasteiger partial charge in [-0.1, -0.05) is 36.4 Å². The van der Waals surface area contributed by atoms with Gasteiger partial charge in [0.05, 0.1) is 5.56 Å². The Bertz CT molecular complexity index is 1080. The predicted molar refractivity (Wildman–Crippen MR) is 101 cm³/mol. The fourth-order valence-corrected chi connectivity index (χ4v) is 3.26. The molecular formula is C22H14F6N2O. The number of alkyl halides is 6. The van der Waals surface area contributed by atoms with Gasteiger partial charge in [0, 0.05) is 5.69 Å². The molecule has 3 rings (SSSR count). The lowest BCUT2D eigenvalue weighted by Crippen LogP contribution is -2.54. The molecule has 31 heavy (non-hydrogen) atoms. The average Bonchev–Trinajstić information content (AvgIpc) is 2.69. The molecule has 0 aromatic heterocycles. The molecule has 0 bridgehead atoms. The Kier molecular flexibility index (Phi) is 5.59. The highest BCUT2D eigenvalue weighted by molar-refractivity contribution is 5.50. The van der Waals surface area contributed by atoms with E-state index in [9.17, 15) is 26.3 Å². The summed E-state index contributed by atoms with van der Waals surface area (Å²) in [6.45, 7) is 0. The number of halogens is 6. The van der Waals surface area contributed by atoms with Crippen LogP contribution in [0.2, 0.25) is 0 Å². The van der Waals surface area contributed by atoms with Crippen LogP contribution < -0.4 is 10.5 Å². The Labute approximate surface area is 173 Å². The fourth-order valence-electron chi connectivity index (χ4n) is 3.26. The summed E-state index contributed by atoms with van der Waals surface area (Å²) in [5, 5.41) is 9.08. The molecule has 0 aliphatic heterocycles. The largest absolute Gasteiger partial charge is 0.456 e. The van der Waals surface area contributed by atoms with Gasteiger partial charge >= 0.3 is 12.4 Å². The monoisotopic (exact) mass is 436 g/mol. The molecule has 0 radical (unpaired) electrons. The lowest BCUT2D eigenvalue weighted by atomic mass is 9.73. The Morgan fingerprint density at radius 2 is 1.19 bits per heavy atom. The SMILES string of the molecule is N#Cc1ccccc1Oc1ccc(C(c2ccc(N)cc2)(C(F)(F)F)C(F)(F)F)cc1. The number of anilines is 1. The Hall–Kier alpha value is -3.67. The molecular weight excluding hydrogens is 422 g/mol. The van der Waals surface area contributed by atoms with E-state index in [1.54, 1.807) is 12.1 Å². The number of nitrogens with zero attached hydrogens (tertiary/aromatic N) is 1. The first-order chi connectivity index (χ1) is 14.5. The maximum absolute atomic E-state index is 14.1. The van der Waals surface area contributed by atoms with Crippen molar-refractivity contribution in [2.75, 3.05) is 5.73 Å². The van der Waals surface area contributed by atoms with Crippen LogP contribution in [0, 0.1) is 11.3 Å². The number of hydrogen-bond donors (Lipinski definition) is 1. The number of nitrogens with two attached hydrogens (primary N) is 1. The molecule has 0 aliphatic rings. The van der Waals surface area contributed by atoms with Gasteiger partial charge in [-0.05, 0) is 47.5 Å². The number of para-hydroxylation sites is 1. The second-order valence-corrected chi connectivity index (χ2v) is 6.60. The van der Waals surface area contributed by atoms with Crippen LogP contribution in [0.25, 0.3) is 0 Å². The van der Waals surface area contributed by atoms with Gasteiger partial charge in [-0.2, -0.15) is 31.6 Å². The van der Waals surface area contributed by atoms with Crippen molar-refractivity contribution in [2.24, 2.45) is 0 Å². The van der Waals surface area contributed by atoms with Crippen LogP contribution in [-0.4, -0.2) is 12.4 Å². The summed E-state index contributed by atoms with van der Waals surface area (Å²) in [5.74, 6) is 0.0937. The van der Waals surface area contributed by atoms with Crippen LogP contribution in [0.3, 0.4) is 0 Å². The van der Waals surface area contributed by atoms with Crippen molar-refractivity contribution in [1.82, 2.24) is 0 Å². The molecule has 0 fully saturated rings. The highest BCUT2D eigenvalue weighted by atomic mass is 19.4. The second-order valence-electron chi connectivity index (χ2n) is 6.60. The fraction of sp³-hybridized carbons (Fsp3) is 0.136. The molecule has 0 saturated heterocycles. The molecule has 0 saturated carbocycles. The van der Waals surface area contributed by atoms with E-state index in [1.807, 2.05) is 6.07 Å². The summed E-state index contributed by atoms with van der Waals surface area (Å²) in [7, 11) is 0. The van der Waals surface area contributed by atoms with Crippen molar-refractivity contribution >= 4 is 5.69 Å². The van der Waals surface area contributed by atoms with Gasteiger partial charge < -0.3 is 10.5 Å². The maximum atomic E-state index is 14.1. The third-order valence-corrected chi connectivity index (χ3v) is 4.72. The van der Waals surface area contributed by atoms with Crippen LogP contribution in [-0.2, 0) is 5.41 Å². The van der Waals surface area contributed by atoms with Crippen molar-refractivity contribution in [3.63, 3.8) is 0 Å². The molecule has 9 heteroatoms. The minimum absolute atomic E-state index is 0.0259. The van der Waals surface area contributed by atoms with Crippen molar-refractivity contribution in [3.05, 3.63) is 89.5 Å². The van der Waals surface area contributed by atoms with Gasteiger partial charge in [0.2, 0.25) is 5.41 Å². The summed E-state index contributed by atoms with van der Waals surface area (Å²) in [6.07, 6.45) is -11.4. The van der Waals surface area contributed by atoms with Gasteiger partial charge in [0.15, 0.2) is 0 Å². The smallest absolute Gasteiger partial charge is 0.411 e. The highest BCUT2D eigenvalue weighted by Gasteiger charge is 2.72. The van der Waals surface area contributed by atoms with Crippen LogP contribution in [0.5, 0.6) is 11.5 Å². The standard InChI is InChI=1S/C22H14F6N2O/c23-21(24,25)20(22(26,27)28,15-5-9-17(30)10-6-15)16-7-11-18(12-8-16)31-19-4-2-1-3-14(19)13-29/h1-12H,30H2. The van der Waals surface area contributed by atoms with Crippen molar-refractivity contribution in [2.45, 2.75) is 17.8 Å². The van der Waals surface area contributed by atoms with E-state index in [2.05, 4.69) is 0 Å². The molecule has 0 heterocycles. The van der Waals surface area contributed by atoms with Crippen molar-refractivity contribution < 1.29 is 31.1 Å². The number of hydrogen-bond acceptors (Lipinski definition) is 3. The van der Waals surface area contributed by atoms with Crippen LogP contribution in [0.1, 0.15) is 16.7 Å². The van der Waals surface area contributed by atoms with Crippen LogP contribution in [0.4, 0.5) is 32.0 Å². The summed E-state index contributed by atoms with van der Waals surface area (Å²) in [5.41, 5.74) is -0.674. The van der Waals surface area contributed by atoms with Gasteiger partial charge in [-0.15, -0.1) is 0 Å². The van der Waals surface area contributed by atoms with E-state index in [0.717, 1.165) is 24.3 Å². The van der Waals surface area contributed by atoms with Crippen molar-refractivity contribution in [3.8, 4) is 17.6 Å². The molecule has 2 N–H and O–H groups in total. The third-order valence-electron chi connectivity index (χ3n) is 4.72. The zero-order valence-electron chi connectivity index (χ0n) is 15.6. The molecule has 3 aromatic rings. The zero-order valence-corrected chi connectivity index (χ0v) is 15.6. The molecule has 0 spiro atoms. The molecule has 3 aromatic carbocycles. The van der Waals surface area contributed by atoms with E-state index in [-0.39, 0.29) is 22.7 Å². The molecule has 0 amide bonds. The summed E-state index contributed by atoms with van der Waals surface area (Å²) >= 11 is 0. The number of benzene rings is 3. The predicted octanol–water partition coefficient (Wildman–Crippen LogP) is 6.34. The van der Waals surface area contributed by atoms with E-state index in [1.165, 1.54) is 12.1 Å². The normalized spacial score (nSPS) is 12.3. The summed E-state index contributed by atoms with van der Waals surface area (Å²) in [6, 6.07) is 14.8. The van der Waals surface area contributed by atoms with Gasteiger partial charge in [-0.25, -0.2) is 0 Å². The Morgan fingerprint density at radius 3 is 1.68 bits per heavy atom. The van der Waals surface area contributed by atoms with Crippen molar-refractivity contribution in [1.29, 1.82) is 5.26 Å². The van der Waals surface area contributed by atoms with Gasteiger partial charge in [-0.3, -0.25) is 0 Å². The maximum Gasteiger partial charge on any atom is 0.411 e. The van der Waals surface area contributed by atoms with Gasteiger partial charge in [0.25, 0.3) is 0 Å². The van der Waals surface area contributed by atoms with Crippen LogP contribution in [0.15, 0.2) is 72.8 Å². The lowest BCUT2D eigenvalue weighted by molar-refractivity contribution is -0.288. The minimum Gasteiger partial charge on any atom is -0.456 e. The van der Waals surface area contributed by atoms with E-state index in [4.69, 9.17) is 15.7 Å². The zero-order chi connectivity index (χ0) is 22.9. The van der Waals surface area contributed by atoms with E-state index >= 15 is 0 Å². The number of ether oxygens (including phenoxy) is 1. The average molecular weight is 436 g/mol. The first-order valence-electron chi connectivity index (χ1n) is 8.77. The second kappa shape index (κ2) is 7.87. The molecule has 0 unspecified atom stereocenters. The van der Waals surface area contributed by atoms with Gasteiger partial charge in [0.1, 0.15) is 17.6 Å². The number of rotatable bonds is 4. The summed E-state index contributed by atoms with van der Waals surface area (Å²) < 4.78 is 89.9. The Morgan fingerprint density at radius 1 is 0.710 bits per heavy atom. The molecule has 0 atom stereocenters. The lowest BCUT2D eigenvalue weighted by Gasteiger charge is -2.38. The summed E-state index contributed by atoms with van der Waals surface area (Å²) in [4.78, 5) is 0. The molecule has 0 aliphatic carbocycles. The first-order valence-corrected chi connectivity index (χ1v) is 8.77. The Balaban J connectivity index is 2.12. The molecule has 3 nitrogen and oxygen atoms in total. The highest BCUT2D eigenvalue weighted by Crippen LogP contribution is 2.56. The first kappa shape index (κ1) is 22.0. The topological polar surface area (TPSA) is 59.0 Å². The quantitative estimate of drug-likeness (QED) is 0.383. The van der Waals surface area contributed by atoms with E-state index < -0.39 is 28.9 Å². The molecule has 160 valence electrons.